The van der Waals surface area contributed by atoms with Gasteiger partial charge in [0.1, 0.15) is 30.1 Å². The summed E-state index contributed by atoms with van der Waals surface area (Å²) in [4.78, 5) is 37.9. The summed E-state index contributed by atoms with van der Waals surface area (Å²) in [6.07, 6.45) is 2.32. The molecule has 3 heterocycles. The van der Waals surface area contributed by atoms with Crippen LogP contribution in [0.25, 0.3) is 0 Å². The molecule has 2 aliphatic rings. The number of hydrogen-bond acceptors (Lipinski definition) is 6. The Morgan fingerprint density at radius 3 is 2.81 bits per heavy atom. The summed E-state index contributed by atoms with van der Waals surface area (Å²) in [5.74, 6) is 1.94. The fourth-order valence-electron chi connectivity index (χ4n) is 4.21. The number of carbonyl (C=O) groups excluding carboxylic acids is 2. The molecule has 0 aliphatic carbocycles. The highest BCUT2D eigenvalue weighted by atomic mass is 16.5. The first-order valence-corrected chi connectivity index (χ1v) is 11.2. The third-order valence-corrected chi connectivity index (χ3v) is 6.01. The highest BCUT2D eigenvalue weighted by Gasteiger charge is 2.30. The number of amides is 2. The largest absolute Gasteiger partial charge is 0.491 e. The fraction of sp³-hybridized carbons (Fsp3) is 0.500. The van der Waals surface area contributed by atoms with E-state index in [4.69, 9.17) is 14.5 Å². The summed E-state index contributed by atoms with van der Waals surface area (Å²) in [6, 6.07) is 7.82. The lowest BCUT2D eigenvalue weighted by atomic mass is 10.0. The lowest BCUT2D eigenvalue weighted by molar-refractivity contribution is -0.140. The van der Waals surface area contributed by atoms with Crippen LogP contribution in [-0.2, 0) is 27.3 Å². The minimum absolute atomic E-state index is 0.0266. The topological polar surface area (TPSA) is 84.9 Å². The number of benzene rings is 1. The molecule has 2 amide bonds. The molecular formula is C24H30N4O4. The molecule has 1 aromatic carbocycles. The van der Waals surface area contributed by atoms with Crippen LogP contribution >= 0.6 is 0 Å². The quantitative estimate of drug-likeness (QED) is 0.661. The summed E-state index contributed by atoms with van der Waals surface area (Å²) in [5.41, 5.74) is 2.88. The van der Waals surface area contributed by atoms with Gasteiger partial charge in [-0.25, -0.2) is 9.97 Å². The number of aromatic nitrogens is 2. The van der Waals surface area contributed by atoms with E-state index in [0.717, 1.165) is 35.4 Å². The van der Waals surface area contributed by atoms with Crippen LogP contribution in [0, 0.1) is 13.8 Å². The van der Waals surface area contributed by atoms with E-state index in [1.165, 1.54) is 0 Å². The van der Waals surface area contributed by atoms with Crippen molar-refractivity contribution in [1.29, 1.82) is 0 Å². The number of carbonyl (C=O) groups is 2. The standard InChI is InChI=1S/C24H30N4O4/c1-16-7-4-5-8-19(16)32-14-12-28-22(29)11-10-18-17(2)25-21(26-23(18)28)15-27(3)24(30)20-9-6-13-31-20/h4-5,7-8,20H,6,9-15H2,1-3H3/t20-/m1/s1. The lowest BCUT2D eigenvalue weighted by Gasteiger charge is -2.30. The molecule has 0 saturated carbocycles. The minimum atomic E-state index is -0.379. The van der Waals surface area contributed by atoms with Gasteiger partial charge in [-0.15, -0.1) is 0 Å². The number of likely N-dealkylation sites (N-methyl/N-ethyl adjacent to an activating group) is 1. The summed E-state index contributed by atoms with van der Waals surface area (Å²) < 4.78 is 11.4. The van der Waals surface area contributed by atoms with Gasteiger partial charge >= 0.3 is 0 Å². The highest BCUT2D eigenvalue weighted by Crippen LogP contribution is 2.28. The second kappa shape index (κ2) is 9.65. The van der Waals surface area contributed by atoms with Crippen molar-refractivity contribution in [2.75, 3.05) is 31.7 Å². The molecule has 0 spiro atoms. The number of nitrogens with zero attached hydrogens (tertiary/aromatic N) is 4. The van der Waals surface area contributed by atoms with Crippen molar-refractivity contribution < 1.29 is 19.1 Å². The maximum atomic E-state index is 12.7. The molecular weight excluding hydrogens is 408 g/mol. The van der Waals surface area contributed by atoms with E-state index in [9.17, 15) is 9.59 Å². The number of ether oxygens (including phenoxy) is 2. The Kier molecular flexibility index (Phi) is 6.69. The normalized spacial score (nSPS) is 17.9. The van der Waals surface area contributed by atoms with Crippen molar-refractivity contribution in [2.45, 2.75) is 52.2 Å². The van der Waals surface area contributed by atoms with Gasteiger partial charge in [-0.2, -0.15) is 0 Å². The molecule has 0 N–H and O–H groups in total. The zero-order valence-corrected chi connectivity index (χ0v) is 19.0. The molecule has 1 fully saturated rings. The van der Waals surface area contributed by atoms with Crippen LogP contribution in [0.15, 0.2) is 24.3 Å². The van der Waals surface area contributed by atoms with Gasteiger partial charge in [0.05, 0.1) is 13.1 Å². The summed E-state index contributed by atoms with van der Waals surface area (Å²) in [5, 5.41) is 0. The molecule has 0 bridgehead atoms. The summed E-state index contributed by atoms with van der Waals surface area (Å²) >= 11 is 0. The third-order valence-electron chi connectivity index (χ3n) is 6.01. The van der Waals surface area contributed by atoms with Crippen molar-refractivity contribution in [1.82, 2.24) is 14.9 Å². The van der Waals surface area contributed by atoms with Gasteiger partial charge in [0, 0.05) is 31.3 Å². The number of rotatable bonds is 7. The average Bonchev–Trinajstić information content (AvgIpc) is 3.31. The smallest absolute Gasteiger partial charge is 0.251 e. The molecule has 8 nitrogen and oxygen atoms in total. The molecule has 170 valence electrons. The highest BCUT2D eigenvalue weighted by molar-refractivity contribution is 5.95. The van der Waals surface area contributed by atoms with E-state index in [1.807, 2.05) is 38.1 Å². The number of fused-ring (bicyclic) bond motifs is 1. The van der Waals surface area contributed by atoms with Gasteiger partial charge in [-0.1, -0.05) is 18.2 Å². The van der Waals surface area contributed by atoms with E-state index in [-0.39, 0.29) is 24.5 Å². The molecule has 1 atom stereocenters. The monoisotopic (exact) mass is 438 g/mol. The van der Waals surface area contributed by atoms with Crippen molar-refractivity contribution in [2.24, 2.45) is 0 Å². The Hall–Kier alpha value is -3.00. The average molecular weight is 439 g/mol. The van der Waals surface area contributed by atoms with Gasteiger partial charge in [-0.05, 0) is 44.7 Å². The van der Waals surface area contributed by atoms with Crippen molar-refractivity contribution in [3.05, 3.63) is 46.9 Å². The molecule has 32 heavy (non-hydrogen) atoms. The van der Waals surface area contributed by atoms with Crippen LogP contribution in [0.1, 0.15) is 41.9 Å². The molecule has 8 heteroatoms. The van der Waals surface area contributed by atoms with E-state index < -0.39 is 0 Å². The Balaban J connectivity index is 1.49. The zero-order chi connectivity index (χ0) is 22.7. The van der Waals surface area contributed by atoms with Crippen molar-refractivity contribution in [3.63, 3.8) is 0 Å². The molecule has 1 saturated heterocycles. The Morgan fingerprint density at radius 1 is 1.25 bits per heavy atom. The van der Waals surface area contributed by atoms with Gasteiger partial charge in [0.2, 0.25) is 5.91 Å². The van der Waals surface area contributed by atoms with Crippen LogP contribution in [0.3, 0.4) is 0 Å². The van der Waals surface area contributed by atoms with Crippen LogP contribution in [-0.4, -0.2) is 59.6 Å². The molecule has 2 aromatic rings. The molecule has 0 radical (unpaired) electrons. The molecule has 1 aromatic heterocycles. The fourth-order valence-corrected chi connectivity index (χ4v) is 4.21. The number of anilines is 1. The predicted octanol–water partition coefficient (Wildman–Crippen LogP) is 2.59. The maximum absolute atomic E-state index is 12.7. The van der Waals surface area contributed by atoms with Crippen LogP contribution in [0.4, 0.5) is 5.82 Å². The van der Waals surface area contributed by atoms with Gasteiger partial charge in [-0.3, -0.25) is 14.5 Å². The van der Waals surface area contributed by atoms with Crippen LogP contribution < -0.4 is 9.64 Å². The second-order valence-corrected chi connectivity index (χ2v) is 8.38. The van der Waals surface area contributed by atoms with Crippen molar-refractivity contribution >= 4 is 17.6 Å². The van der Waals surface area contributed by atoms with Crippen LogP contribution in [0.5, 0.6) is 5.75 Å². The number of aryl methyl sites for hydroxylation is 2. The first kappa shape index (κ1) is 22.2. The SMILES string of the molecule is Cc1ccccc1OCCN1C(=O)CCc2c(C)nc(CN(C)C(=O)[C@H]3CCCO3)nc21. The predicted molar refractivity (Wildman–Crippen MR) is 120 cm³/mol. The zero-order valence-electron chi connectivity index (χ0n) is 19.0. The van der Waals surface area contributed by atoms with E-state index in [0.29, 0.717) is 44.2 Å². The van der Waals surface area contributed by atoms with E-state index in [2.05, 4.69) is 4.98 Å². The second-order valence-electron chi connectivity index (χ2n) is 8.38. The minimum Gasteiger partial charge on any atom is -0.491 e. The van der Waals surface area contributed by atoms with Crippen molar-refractivity contribution in [3.8, 4) is 5.75 Å². The Morgan fingerprint density at radius 2 is 2.06 bits per heavy atom. The van der Waals surface area contributed by atoms with E-state index in [1.54, 1.807) is 16.8 Å². The third kappa shape index (κ3) is 4.75. The van der Waals surface area contributed by atoms with Gasteiger partial charge < -0.3 is 14.4 Å². The molecule has 0 unspecified atom stereocenters. The summed E-state index contributed by atoms with van der Waals surface area (Å²) in [6.45, 7) is 5.60. The lowest BCUT2D eigenvalue weighted by Crippen LogP contribution is -2.40. The van der Waals surface area contributed by atoms with Crippen LogP contribution in [0.2, 0.25) is 0 Å². The first-order valence-electron chi connectivity index (χ1n) is 11.2. The number of hydrogen-bond donors (Lipinski definition) is 0. The molecule has 2 aliphatic heterocycles. The Labute approximate surface area is 188 Å². The van der Waals surface area contributed by atoms with Gasteiger partial charge in [0.15, 0.2) is 0 Å². The number of para-hydroxylation sites is 1. The molecule has 4 rings (SSSR count). The maximum Gasteiger partial charge on any atom is 0.251 e. The van der Waals surface area contributed by atoms with E-state index >= 15 is 0 Å². The first-order chi connectivity index (χ1) is 15.4. The summed E-state index contributed by atoms with van der Waals surface area (Å²) in [7, 11) is 1.74. The van der Waals surface area contributed by atoms with Gasteiger partial charge in [0.25, 0.3) is 5.91 Å². The Bertz CT molecular complexity index is 1000.